The van der Waals surface area contributed by atoms with Crippen molar-refractivity contribution in [2.24, 2.45) is 0 Å². The van der Waals surface area contributed by atoms with Crippen LogP contribution in [0.5, 0.6) is 0 Å². The van der Waals surface area contributed by atoms with Crippen molar-refractivity contribution in [1.29, 1.82) is 0 Å². The maximum atomic E-state index is 12.4. The molecule has 5 nitrogen and oxygen atoms in total. The summed E-state index contributed by atoms with van der Waals surface area (Å²) in [6.45, 7) is 8.45. The standard InChI is InChI=1S/C15H24N2O3/c1-6-8-9-17(5)14(18)12-10(3)13(16-11(12)4)15(19)20-7-2/h16H,6-9H2,1-5H3. The molecule has 0 aliphatic heterocycles. The van der Waals surface area contributed by atoms with Crippen LogP contribution in [0.2, 0.25) is 0 Å². The first-order valence-electron chi connectivity index (χ1n) is 7.05. The highest BCUT2D eigenvalue weighted by Gasteiger charge is 2.24. The van der Waals surface area contributed by atoms with Crippen LogP contribution in [0.4, 0.5) is 0 Å². The van der Waals surface area contributed by atoms with Crippen molar-refractivity contribution in [2.45, 2.75) is 40.5 Å². The summed E-state index contributed by atoms with van der Waals surface area (Å²) in [5.74, 6) is -0.469. The summed E-state index contributed by atoms with van der Waals surface area (Å²) in [5, 5.41) is 0. The van der Waals surface area contributed by atoms with E-state index in [4.69, 9.17) is 4.74 Å². The number of carbonyl (C=O) groups excluding carboxylic acids is 2. The molecule has 1 rings (SSSR count). The fraction of sp³-hybridized carbons (Fsp3) is 0.600. The molecule has 20 heavy (non-hydrogen) atoms. The molecule has 1 aromatic heterocycles. The smallest absolute Gasteiger partial charge is 0.355 e. The number of carbonyl (C=O) groups is 2. The number of H-pyrrole nitrogens is 1. The predicted molar refractivity (Wildman–Crippen MR) is 78.1 cm³/mol. The van der Waals surface area contributed by atoms with Gasteiger partial charge in [-0.2, -0.15) is 0 Å². The van der Waals surface area contributed by atoms with Crippen LogP contribution in [0.3, 0.4) is 0 Å². The fourth-order valence-electron chi connectivity index (χ4n) is 2.17. The first kappa shape index (κ1) is 16.3. The molecule has 0 fully saturated rings. The molecule has 0 bridgehead atoms. The van der Waals surface area contributed by atoms with Crippen LogP contribution in [-0.2, 0) is 4.74 Å². The molecule has 1 aromatic rings. The lowest BCUT2D eigenvalue weighted by Gasteiger charge is -2.17. The molecule has 0 aromatic carbocycles. The van der Waals surface area contributed by atoms with Gasteiger partial charge in [0, 0.05) is 19.3 Å². The number of nitrogens with one attached hydrogen (secondary N) is 1. The number of rotatable bonds is 6. The van der Waals surface area contributed by atoms with E-state index in [1.54, 1.807) is 32.7 Å². The highest BCUT2D eigenvalue weighted by atomic mass is 16.5. The number of unbranched alkanes of at least 4 members (excludes halogenated alkanes) is 1. The van der Waals surface area contributed by atoms with Crippen LogP contribution in [0.1, 0.15) is 58.8 Å². The largest absolute Gasteiger partial charge is 0.461 e. The van der Waals surface area contributed by atoms with E-state index in [-0.39, 0.29) is 5.91 Å². The molecule has 5 heteroatoms. The Kier molecular flexibility index (Phi) is 5.80. The third-order valence-electron chi connectivity index (χ3n) is 3.32. The molecule has 1 heterocycles. The van der Waals surface area contributed by atoms with Gasteiger partial charge in [0.25, 0.3) is 5.91 Å². The zero-order valence-electron chi connectivity index (χ0n) is 13.0. The summed E-state index contributed by atoms with van der Waals surface area (Å²) in [7, 11) is 1.79. The quantitative estimate of drug-likeness (QED) is 0.815. The molecule has 0 aliphatic rings. The Morgan fingerprint density at radius 1 is 1.25 bits per heavy atom. The average molecular weight is 280 g/mol. The van der Waals surface area contributed by atoms with Crippen molar-refractivity contribution in [2.75, 3.05) is 20.2 Å². The minimum Gasteiger partial charge on any atom is -0.461 e. The number of aromatic amines is 1. The molecule has 0 aliphatic carbocycles. The third-order valence-corrected chi connectivity index (χ3v) is 3.32. The summed E-state index contributed by atoms with van der Waals surface area (Å²) in [6.07, 6.45) is 2.01. The number of hydrogen-bond donors (Lipinski definition) is 1. The van der Waals surface area contributed by atoms with Crippen LogP contribution in [0, 0.1) is 13.8 Å². The van der Waals surface area contributed by atoms with Crippen molar-refractivity contribution in [3.8, 4) is 0 Å². The summed E-state index contributed by atoms with van der Waals surface area (Å²) in [6, 6.07) is 0. The molecular weight excluding hydrogens is 256 g/mol. The summed E-state index contributed by atoms with van der Waals surface area (Å²) in [5.41, 5.74) is 2.32. The van der Waals surface area contributed by atoms with Crippen LogP contribution < -0.4 is 0 Å². The molecule has 1 N–H and O–H groups in total. The zero-order valence-corrected chi connectivity index (χ0v) is 13.0. The van der Waals surface area contributed by atoms with Gasteiger partial charge in [-0.1, -0.05) is 13.3 Å². The second-order valence-corrected chi connectivity index (χ2v) is 4.93. The first-order valence-corrected chi connectivity index (χ1v) is 7.05. The van der Waals surface area contributed by atoms with Crippen LogP contribution in [0.15, 0.2) is 0 Å². The molecule has 112 valence electrons. The molecule has 0 saturated heterocycles. The van der Waals surface area contributed by atoms with Gasteiger partial charge in [0.2, 0.25) is 0 Å². The Bertz CT molecular complexity index is 492. The molecule has 0 atom stereocenters. The maximum absolute atomic E-state index is 12.4. The van der Waals surface area contributed by atoms with Crippen molar-refractivity contribution in [3.63, 3.8) is 0 Å². The van der Waals surface area contributed by atoms with E-state index >= 15 is 0 Å². The highest BCUT2D eigenvalue weighted by Crippen LogP contribution is 2.20. The topological polar surface area (TPSA) is 62.4 Å². The van der Waals surface area contributed by atoms with Gasteiger partial charge in [0.15, 0.2) is 0 Å². The number of aromatic nitrogens is 1. The van der Waals surface area contributed by atoms with Crippen LogP contribution >= 0.6 is 0 Å². The van der Waals surface area contributed by atoms with Gasteiger partial charge in [0.1, 0.15) is 5.69 Å². The van der Waals surface area contributed by atoms with E-state index in [9.17, 15) is 9.59 Å². The van der Waals surface area contributed by atoms with Crippen molar-refractivity contribution in [3.05, 3.63) is 22.5 Å². The summed E-state index contributed by atoms with van der Waals surface area (Å²) >= 11 is 0. The number of ether oxygens (including phenoxy) is 1. The van der Waals surface area contributed by atoms with Gasteiger partial charge in [-0.15, -0.1) is 0 Å². The van der Waals surface area contributed by atoms with E-state index in [1.165, 1.54) is 0 Å². The lowest BCUT2D eigenvalue weighted by molar-refractivity contribution is 0.0519. The van der Waals surface area contributed by atoms with Crippen molar-refractivity contribution in [1.82, 2.24) is 9.88 Å². The molecule has 0 saturated carbocycles. The predicted octanol–water partition coefficient (Wildman–Crippen LogP) is 2.68. The molecular formula is C15H24N2O3. The van der Waals surface area contributed by atoms with Crippen LogP contribution in [-0.4, -0.2) is 42.0 Å². The van der Waals surface area contributed by atoms with Gasteiger partial charge in [0.05, 0.1) is 12.2 Å². The second kappa shape index (κ2) is 7.12. The summed E-state index contributed by atoms with van der Waals surface area (Å²) < 4.78 is 4.99. The lowest BCUT2D eigenvalue weighted by Crippen LogP contribution is -2.28. The average Bonchev–Trinajstić information content (AvgIpc) is 2.71. The highest BCUT2D eigenvalue weighted by molar-refractivity contribution is 6.01. The maximum Gasteiger partial charge on any atom is 0.355 e. The van der Waals surface area contributed by atoms with E-state index in [0.717, 1.165) is 12.8 Å². The minimum absolute atomic E-state index is 0.0553. The number of nitrogens with zero attached hydrogens (tertiary/aromatic N) is 1. The van der Waals surface area contributed by atoms with Gasteiger partial charge >= 0.3 is 5.97 Å². The zero-order chi connectivity index (χ0) is 15.3. The Morgan fingerprint density at radius 2 is 1.90 bits per heavy atom. The van der Waals surface area contributed by atoms with Crippen molar-refractivity contribution >= 4 is 11.9 Å². The SMILES string of the molecule is CCCCN(C)C(=O)c1c(C)[nH]c(C(=O)OCC)c1C. The van der Waals surface area contributed by atoms with Gasteiger partial charge in [-0.05, 0) is 32.8 Å². The van der Waals surface area contributed by atoms with Gasteiger partial charge in [-0.25, -0.2) is 4.79 Å². The Hall–Kier alpha value is -1.78. The minimum atomic E-state index is -0.414. The lowest BCUT2D eigenvalue weighted by atomic mass is 10.1. The molecule has 0 unspecified atom stereocenters. The van der Waals surface area contributed by atoms with E-state index in [0.29, 0.717) is 35.7 Å². The number of esters is 1. The van der Waals surface area contributed by atoms with Gasteiger partial charge < -0.3 is 14.6 Å². The normalized spacial score (nSPS) is 10.4. The fourth-order valence-corrected chi connectivity index (χ4v) is 2.17. The van der Waals surface area contributed by atoms with E-state index < -0.39 is 5.97 Å². The number of hydrogen-bond acceptors (Lipinski definition) is 3. The Balaban J connectivity index is 3.01. The molecule has 1 amide bonds. The van der Waals surface area contributed by atoms with Crippen molar-refractivity contribution < 1.29 is 14.3 Å². The second-order valence-electron chi connectivity index (χ2n) is 4.93. The van der Waals surface area contributed by atoms with E-state index in [1.807, 2.05) is 0 Å². The number of aryl methyl sites for hydroxylation is 1. The summed E-state index contributed by atoms with van der Waals surface area (Å²) in [4.78, 5) is 28.9. The molecule has 0 spiro atoms. The first-order chi connectivity index (χ1) is 9.43. The number of amides is 1. The Morgan fingerprint density at radius 3 is 2.45 bits per heavy atom. The van der Waals surface area contributed by atoms with Gasteiger partial charge in [-0.3, -0.25) is 4.79 Å². The van der Waals surface area contributed by atoms with Crippen LogP contribution in [0.25, 0.3) is 0 Å². The third kappa shape index (κ3) is 3.40. The molecule has 0 radical (unpaired) electrons. The monoisotopic (exact) mass is 280 g/mol. The Labute approximate surface area is 120 Å². The van der Waals surface area contributed by atoms with E-state index in [2.05, 4.69) is 11.9 Å².